The van der Waals surface area contributed by atoms with Crippen LogP contribution in [0.1, 0.15) is 5.69 Å². The minimum absolute atomic E-state index is 0.195. The van der Waals surface area contributed by atoms with Crippen molar-refractivity contribution in [2.75, 3.05) is 0 Å². The molecular formula is C13H9FN2. The van der Waals surface area contributed by atoms with Gasteiger partial charge < -0.3 is 0 Å². The lowest BCUT2D eigenvalue weighted by Gasteiger charge is -2.04. The molecule has 0 saturated carbocycles. The molecule has 78 valence electrons. The second-order valence-corrected chi connectivity index (χ2v) is 3.36. The molecule has 0 unspecified atom stereocenters. The molecule has 0 fully saturated rings. The Hall–Kier alpha value is -2.21. The summed E-state index contributed by atoms with van der Waals surface area (Å²) in [5.41, 5.74) is 1.87. The fourth-order valence-electron chi connectivity index (χ4n) is 1.50. The molecule has 0 radical (unpaired) electrons. The molecule has 0 aliphatic rings. The van der Waals surface area contributed by atoms with Gasteiger partial charge in [0.25, 0.3) is 0 Å². The minimum atomic E-state index is -0.368. The molecule has 0 spiro atoms. The van der Waals surface area contributed by atoms with Crippen molar-refractivity contribution < 1.29 is 4.39 Å². The number of hydrogen-bond donors (Lipinski definition) is 0. The van der Waals surface area contributed by atoms with Crippen LogP contribution in [0, 0.1) is 17.1 Å². The van der Waals surface area contributed by atoms with E-state index in [1.165, 1.54) is 0 Å². The van der Waals surface area contributed by atoms with E-state index in [1.54, 1.807) is 6.07 Å². The molecule has 2 aromatic rings. The standard InChI is InChI=1S/C13H9FN2/c14-13-9-16-11(6-7-15)8-12(13)10-4-2-1-3-5-10/h1-5,8-9H,6H2. The lowest BCUT2D eigenvalue weighted by Crippen LogP contribution is -1.92. The summed E-state index contributed by atoms with van der Waals surface area (Å²) in [5.74, 6) is -0.368. The molecule has 0 atom stereocenters. The monoisotopic (exact) mass is 212 g/mol. The van der Waals surface area contributed by atoms with Gasteiger partial charge in [0.1, 0.15) is 5.82 Å². The third-order valence-corrected chi connectivity index (χ3v) is 2.26. The third kappa shape index (κ3) is 2.06. The Kier molecular flexibility index (Phi) is 2.93. The number of pyridine rings is 1. The smallest absolute Gasteiger partial charge is 0.149 e. The predicted molar refractivity (Wildman–Crippen MR) is 58.9 cm³/mol. The van der Waals surface area contributed by atoms with Crippen molar-refractivity contribution in [1.29, 1.82) is 5.26 Å². The van der Waals surface area contributed by atoms with Gasteiger partial charge in [-0.1, -0.05) is 30.3 Å². The molecule has 2 rings (SSSR count). The molecule has 0 saturated heterocycles. The van der Waals surface area contributed by atoms with Crippen LogP contribution in [0.15, 0.2) is 42.6 Å². The van der Waals surface area contributed by atoms with Crippen molar-refractivity contribution in [2.45, 2.75) is 6.42 Å². The summed E-state index contributed by atoms with van der Waals surface area (Å²) >= 11 is 0. The van der Waals surface area contributed by atoms with Crippen molar-refractivity contribution in [3.05, 3.63) is 54.1 Å². The number of halogens is 1. The first-order chi connectivity index (χ1) is 7.81. The normalized spacial score (nSPS) is 9.75. The van der Waals surface area contributed by atoms with Gasteiger partial charge in [0.15, 0.2) is 0 Å². The molecule has 0 N–H and O–H groups in total. The molecule has 1 heterocycles. The fraction of sp³-hybridized carbons (Fsp3) is 0.0769. The van der Waals surface area contributed by atoms with Gasteiger partial charge in [-0.2, -0.15) is 5.26 Å². The Morgan fingerprint density at radius 3 is 2.69 bits per heavy atom. The van der Waals surface area contributed by atoms with Gasteiger partial charge in [-0.15, -0.1) is 0 Å². The van der Waals surface area contributed by atoms with Gasteiger partial charge >= 0.3 is 0 Å². The number of aromatic nitrogens is 1. The van der Waals surface area contributed by atoms with E-state index in [2.05, 4.69) is 4.98 Å². The molecule has 0 amide bonds. The van der Waals surface area contributed by atoms with E-state index in [9.17, 15) is 4.39 Å². The Balaban J connectivity index is 2.48. The zero-order chi connectivity index (χ0) is 11.4. The zero-order valence-corrected chi connectivity index (χ0v) is 8.52. The summed E-state index contributed by atoms with van der Waals surface area (Å²) in [6.07, 6.45) is 1.36. The topological polar surface area (TPSA) is 36.7 Å². The highest BCUT2D eigenvalue weighted by Crippen LogP contribution is 2.22. The molecular weight excluding hydrogens is 203 g/mol. The highest BCUT2D eigenvalue weighted by Gasteiger charge is 2.06. The average Bonchev–Trinajstić information content (AvgIpc) is 2.33. The highest BCUT2D eigenvalue weighted by molar-refractivity contribution is 5.64. The maximum atomic E-state index is 13.6. The van der Waals surface area contributed by atoms with E-state index in [0.717, 1.165) is 11.8 Å². The van der Waals surface area contributed by atoms with E-state index < -0.39 is 0 Å². The molecule has 2 nitrogen and oxygen atoms in total. The zero-order valence-electron chi connectivity index (χ0n) is 8.52. The SMILES string of the molecule is N#CCc1cc(-c2ccccc2)c(F)cn1. The second-order valence-electron chi connectivity index (χ2n) is 3.36. The number of benzene rings is 1. The largest absolute Gasteiger partial charge is 0.257 e. The van der Waals surface area contributed by atoms with Gasteiger partial charge in [-0.05, 0) is 11.6 Å². The Morgan fingerprint density at radius 2 is 2.00 bits per heavy atom. The number of rotatable bonds is 2. The van der Waals surface area contributed by atoms with Crippen LogP contribution < -0.4 is 0 Å². The average molecular weight is 212 g/mol. The lowest BCUT2D eigenvalue weighted by atomic mass is 10.1. The van der Waals surface area contributed by atoms with Gasteiger partial charge in [0.05, 0.1) is 24.4 Å². The van der Waals surface area contributed by atoms with Crippen molar-refractivity contribution in [3.8, 4) is 17.2 Å². The van der Waals surface area contributed by atoms with E-state index in [1.807, 2.05) is 36.4 Å². The summed E-state index contributed by atoms with van der Waals surface area (Å²) in [6.45, 7) is 0. The van der Waals surface area contributed by atoms with Crippen molar-refractivity contribution in [2.24, 2.45) is 0 Å². The Bertz CT molecular complexity index is 529. The van der Waals surface area contributed by atoms with Crippen molar-refractivity contribution in [1.82, 2.24) is 4.98 Å². The van der Waals surface area contributed by atoms with Crippen LogP contribution >= 0.6 is 0 Å². The maximum Gasteiger partial charge on any atom is 0.149 e. The number of hydrogen-bond acceptors (Lipinski definition) is 2. The molecule has 0 aliphatic carbocycles. The summed E-state index contributed by atoms with van der Waals surface area (Å²) in [7, 11) is 0. The van der Waals surface area contributed by atoms with Crippen molar-refractivity contribution >= 4 is 0 Å². The first-order valence-electron chi connectivity index (χ1n) is 4.88. The third-order valence-electron chi connectivity index (χ3n) is 2.26. The van der Waals surface area contributed by atoms with Crippen LogP contribution in [-0.2, 0) is 6.42 Å². The van der Waals surface area contributed by atoms with Crippen molar-refractivity contribution in [3.63, 3.8) is 0 Å². The molecule has 3 heteroatoms. The van der Waals surface area contributed by atoms with Gasteiger partial charge in [-0.3, -0.25) is 4.98 Å². The van der Waals surface area contributed by atoms with Gasteiger partial charge in [-0.25, -0.2) is 4.39 Å². The maximum absolute atomic E-state index is 13.6. The quantitative estimate of drug-likeness (QED) is 0.767. The summed E-state index contributed by atoms with van der Waals surface area (Å²) in [5, 5.41) is 8.57. The first-order valence-corrected chi connectivity index (χ1v) is 4.88. The van der Waals surface area contributed by atoms with E-state index in [0.29, 0.717) is 11.3 Å². The Labute approximate surface area is 93.0 Å². The highest BCUT2D eigenvalue weighted by atomic mass is 19.1. The van der Waals surface area contributed by atoms with Crippen LogP contribution in [0.2, 0.25) is 0 Å². The second kappa shape index (κ2) is 4.54. The number of nitrogens with zero attached hydrogens (tertiary/aromatic N) is 2. The van der Waals surface area contributed by atoms with Crippen LogP contribution in [-0.4, -0.2) is 4.98 Å². The molecule has 1 aromatic heterocycles. The van der Waals surface area contributed by atoms with E-state index in [-0.39, 0.29) is 12.2 Å². The fourth-order valence-corrected chi connectivity index (χ4v) is 1.50. The van der Waals surface area contributed by atoms with Gasteiger partial charge in [0, 0.05) is 5.56 Å². The lowest BCUT2D eigenvalue weighted by molar-refractivity contribution is 0.623. The van der Waals surface area contributed by atoms with Gasteiger partial charge in [0.2, 0.25) is 0 Å². The molecule has 0 aliphatic heterocycles. The van der Waals surface area contributed by atoms with E-state index in [4.69, 9.17) is 5.26 Å². The van der Waals surface area contributed by atoms with Crippen LogP contribution in [0.3, 0.4) is 0 Å². The molecule has 16 heavy (non-hydrogen) atoms. The minimum Gasteiger partial charge on any atom is -0.257 e. The van der Waals surface area contributed by atoms with Crippen LogP contribution in [0.25, 0.3) is 11.1 Å². The summed E-state index contributed by atoms with van der Waals surface area (Å²) in [6, 6.07) is 12.8. The van der Waals surface area contributed by atoms with E-state index >= 15 is 0 Å². The Morgan fingerprint density at radius 1 is 1.25 bits per heavy atom. The first kappa shape index (κ1) is 10.3. The van der Waals surface area contributed by atoms with Crippen LogP contribution in [0.4, 0.5) is 4.39 Å². The number of nitriles is 1. The molecule has 0 bridgehead atoms. The molecule has 1 aromatic carbocycles. The summed E-state index contributed by atoms with van der Waals surface area (Å²) in [4.78, 5) is 3.86. The summed E-state index contributed by atoms with van der Waals surface area (Å²) < 4.78 is 13.6. The predicted octanol–water partition coefficient (Wildman–Crippen LogP) is 2.95. The van der Waals surface area contributed by atoms with Crippen LogP contribution in [0.5, 0.6) is 0 Å².